The number of aliphatic hydroxyl groups excluding tert-OH is 1. The van der Waals surface area contributed by atoms with Crippen molar-refractivity contribution < 1.29 is 14.6 Å². The maximum Gasteiger partial charge on any atom is 0.231 e. The lowest BCUT2D eigenvalue weighted by atomic mass is 9.97. The predicted molar refractivity (Wildman–Crippen MR) is 115 cm³/mol. The number of nitrogens with zero attached hydrogens (tertiary/aromatic N) is 3. The van der Waals surface area contributed by atoms with E-state index in [0.717, 1.165) is 54.7 Å². The van der Waals surface area contributed by atoms with E-state index in [1.807, 2.05) is 12.1 Å². The molecule has 0 unspecified atom stereocenters. The molecule has 0 aromatic heterocycles. The van der Waals surface area contributed by atoms with Gasteiger partial charge < -0.3 is 19.5 Å². The molecule has 0 saturated carbocycles. The van der Waals surface area contributed by atoms with Crippen LogP contribution in [0.4, 0.5) is 0 Å². The summed E-state index contributed by atoms with van der Waals surface area (Å²) in [5.74, 6) is 1.52. The van der Waals surface area contributed by atoms with Gasteiger partial charge in [-0.05, 0) is 57.8 Å². The molecule has 1 N–H and O–H groups in total. The standard InChI is InChI=1S/C22H34ClN3O3/c1-16(2)25-6-3-18(4-7-25)26-9-8-24(14-19(26)5-10-27)13-17-11-21-22(12-20(17)23)29-15-28-21/h11-12,16,18-19,27H,3-10,13-15H2,1-2H3/t19-/m1/s1. The van der Waals surface area contributed by atoms with Gasteiger partial charge in [0.1, 0.15) is 0 Å². The van der Waals surface area contributed by atoms with Crippen LogP contribution in [0, 0.1) is 0 Å². The zero-order valence-electron chi connectivity index (χ0n) is 17.6. The van der Waals surface area contributed by atoms with Gasteiger partial charge in [-0.3, -0.25) is 9.80 Å². The molecule has 0 spiro atoms. The van der Waals surface area contributed by atoms with Crippen molar-refractivity contribution >= 4 is 11.6 Å². The first-order valence-electron chi connectivity index (χ1n) is 11.0. The van der Waals surface area contributed by atoms with Crippen LogP contribution >= 0.6 is 11.6 Å². The van der Waals surface area contributed by atoms with Gasteiger partial charge in [0.25, 0.3) is 0 Å². The number of ether oxygens (including phenoxy) is 2. The number of benzene rings is 1. The lowest BCUT2D eigenvalue weighted by molar-refractivity contribution is -0.0000317. The first-order chi connectivity index (χ1) is 14.0. The van der Waals surface area contributed by atoms with Crippen molar-refractivity contribution in [3.8, 4) is 11.5 Å². The molecule has 7 heteroatoms. The van der Waals surface area contributed by atoms with Gasteiger partial charge in [-0.2, -0.15) is 0 Å². The second kappa shape index (κ2) is 9.40. The summed E-state index contributed by atoms with van der Waals surface area (Å²) in [6.45, 7) is 11.3. The Bertz CT molecular complexity index is 694. The number of aliphatic hydroxyl groups is 1. The van der Waals surface area contributed by atoms with Crippen molar-refractivity contribution in [1.82, 2.24) is 14.7 Å². The third kappa shape index (κ3) is 4.83. The molecule has 1 aromatic carbocycles. The number of halogens is 1. The Morgan fingerprint density at radius 2 is 1.83 bits per heavy atom. The largest absolute Gasteiger partial charge is 0.454 e. The molecule has 29 heavy (non-hydrogen) atoms. The minimum atomic E-state index is 0.241. The van der Waals surface area contributed by atoms with E-state index in [9.17, 15) is 5.11 Å². The van der Waals surface area contributed by atoms with Gasteiger partial charge in [0.15, 0.2) is 11.5 Å². The van der Waals surface area contributed by atoms with E-state index in [1.54, 1.807) is 0 Å². The van der Waals surface area contributed by atoms with Crippen LogP contribution in [0.1, 0.15) is 38.7 Å². The SMILES string of the molecule is CC(C)N1CCC(N2CCN(Cc3cc4c(cc3Cl)OCO4)C[C@H]2CCO)CC1. The maximum absolute atomic E-state index is 9.67. The number of piperidine rings is 1. The van der Waals surface area contributed by atoms with Crippen molar-refractivity contribution in [3.05, 3.63) is 22.7 Å². The highest BCUT2D eigenvalue weighted by atomic mass is 35.5. The summed E-state index contributed by atoms with van der Waals surface area (Å²) < 4.78 is 10.9. The Balaban J connectivity index is 1.38. The Hall–Kier alpha value is -1.05. The van der Waals surface area contributed by atoms with Crippen molar-refractivity contribution in [2.24, 2.45) is 0 Å². The molecule has 0 amide bonds. The zero-order valence-corrected chi connectivity index (χ0v) is 18.4. The van der Waals surface area contributed by atoms with Crippen LogP contribution in [0.5, 0.6) is 11.5 Å². The second-order valence-corrected chi connectivity index (χ2v) is 9.20. The maximum atomic E-state index is 9.67. The number of hydrogen-bond donors (Lipinski definition) is 1. The number of rotatable bonds is 6. The van der Waals surface area contributed by atoms with Crippen LogP contribution in [0.2, 0.25) is 5.02 Å². The molecule has 1 aromatic rings. The smallest absolute Gasteiger partial charge is 0.231 e. The van der Waals surface area contributed by atoms with Crippen LogP contribution < -0.4 is 9.47 Å². The van der Waals surface area contributed by atoms with Gasteiger partial charge >= 0.3 is 0 Å². The van der Waals surface area contributed by atoms with Gasteiger partial charge in [-0.1, -0.05) is 11.6 Å². The summed E-state index contributed by atoms with van der Waals surface area (Å²) in [4.78, 5) is 7.71. The normalized spacial score (nSPS) is 24.5. The van der Waals surface area contributed by atoms with E-state index in [0.29, 0.717) is 18.1 Å². The molecule has 3 aliphatic heterocycles. The molecular weight excluding hydrogens is 390 g/mol. The molecule has 0 aliphatic carbocycles. The number of hydrogen-bond acceptors (Lipinski definition) is 6. The molecule has 0 radical (unpaired) electrons. The fourth-order valence-electron chi connectivity index (χ4n) is 5.02. The van der Waals surface area contributed by atoms with Crippen molar-refractivity contribution in [2.45, 2.75) is 57.8 Å². The number of piperazine rings is 1. The Labute approximate surface area is 179 Å². The molecule has 4 rings (SSSR count). The minimum absolute atomic E-state index is 0.241. The molecule has 162 valence electrons. The highest BCUT2D eigenvalue weighted by Crippen LogP contribution is 2.37. The highest BCUT2D eigenvalue weighted by molar-refractivity contribution is 6.31. The summed E-state index contributed by atoms with van der Waals surface area (Å²) in [6.07, 6.45) is 3.29. The Morgan fingerprint density at radius 3 is 2.52 bits per heavy atom. The zero-order chi connectivity index (χ0) is 20.4. The van der Waals surface area contributed by atoms with E-state index in [1.165, 1.54) is 25.9 Å². The molecule has 2 saturated heterocycles. The highest BCUT2D eigenvalue weighted by Gasteiger charge is 2.34. The fraction of sp³-hybridized carbons (Fsp3) is 0.727. The molecule has 1 atom stereocenters. The van der Waals surface area contributed by atoms with Gasteiger partial charge in [0.05, 0.1) is 0 Å². The van der Waals surface area contributed by atoms with Crippen LogP contribution in [0.25, 0.3) is 0 Å². The predicted octanol–water partition coefficient (Wildman–Crippen LogP) is 2.81. The van der Waals surface area contributed by atoms with Crippen LogP contribution in [-0.4, -0.2) is 84.1 Å². The van der Waals surface area contributed by atoms with Crippen molar-refractivity contribution in [1.29, 1.82) is 0 Å². The van der Waals surface area contributed by atoms with Crippen LogP contribution in [0.15, 0.2) is 12.1 Å². The van der Waals surface area contributed by atoms with E-state index in [4.69, 9.17) is 21.1 Å². The molecule has 2 fully saturated rings. The lowest BCUT2D eigenvalue weighted by Crippen LogP contribution is -2.58. The second-order valence-electron chi connectivity index (χ2n) is 8.80. The van der Waals surface area contributed by atoms with Crippen LogP contribution in [0.3, 0.4) is 0 Å². The average molecular weight is 424 g/mol. The molecule has 3 aliphatic rings. The summed E-state index contributed by atoms with van der Waals surface area (Å²) in [6, 6.07) is 5.55. The summed E-state index contributed by atoms with van der Waals surface area (Å²) in [5, 5.41) is 10.4. The molecular formula is C22H34ClN3O3. The monoisotopic (exact) mass is 423 g/mol. The van der Waals surface area contributed by atoms with E-state index < -0.39 is 0 Å². The van der Waals surface area contributed by atoms with Crippen molar-refractivity contribution in [3.63, 3.8) is 0 Å². The van der Waals surface area contributed by atoms with Gasteiger partial charge in [0, 0.05) is 62.0 Å². The van der Waals surface area contributed by atoms with Gasteiger partial charge in [-0.25, -0.2) is 0 Å². The van der Waals surface area contributed by atoms with Crippen molar-refractivity contribution in [2.75, 3.05) is 46.1 Å². The molecule has 6 nitrogen and oxygen atoms in total. The van der Waals surface area contributed by atoms with Gasteiger partial charge in [0.2, 0.25) is 6.79 Å². The van der Waals surface area contributed by atoms with Crippen LogP contribution in [-0.2, 0) is 6.54 Å². The van der Waals surface area contributed by atoms with E-state index in [2.05, 4.69) is 28.5 Å². The average Bonchev–Trinajstić information content (AvgIpc) is 3.16. The number of fused-ring (bicyclic) bond motifs is 1. The van der Waals surface area contributed by atoms with E-state index >= 15 is 0 Å². The first kappa shape index (κ1) is 21.2. The number of likely N-dealkylation sites (tertiary alicyclic amines) is 1. The summed E-state index contributed by atoms with van der Waals surface area (Å²) in [7, 11) is 0. The van der Waals surface area contributed by atoms with Gasteiger partial charge in [-0.15, -0.1) is 0 Å². The third-order valence-electron chi connectivity index (χ3n) is 6.71. The molecule has 3 heterocycles. The first-order valence-corrected chi connectivity index (χ1v) is 11.3. The Morgan fingerprint density at radius 1 is 1.10 bits per heavy atom. The topological polar surface area (TPSA) is 48.4 Å². The Kier molecular flexibility index (Phi) is 6.87. The quantitative estimate of drug-likeness (QED) is 0.759. The lowest BCUT2D eigenvalue weighted by Gasteiger charge is -2.48. The summed E-state index contributed by atoms with van der Waals surface area (Å²) in [5.41, 5.74) is 1.08. The van der Waals surface area contributed by atoms with E-state index in [-0.39, 0.29) is 13.4 Å². The fourth-order valence-corrected chi connectivity index (χ4v) is 5.23. The third-order valence-corrected chi connectivity index (χ3v) is 7.06. The minimum Gasteiger partial charge on any atom is -0.454 e. The summed E-state index contributed by atoms with van der Waals surface area (Å²) >= 11 is 6.50. The molecule has 0 bridgehead atoms.